The molecule has 1 aliphatic heterocycles. The van der Waals surface area contributed by atoms with Gasteiger partial charge < -0.3 is 26.0 Å². The van der Waals surface area contributed by atoms with Crippen LogP contribution in [0.15, 0.2) is 12.1 Å². The van der Waals surface area contributed by atoms with Crippen molar-refractivity contribution >= 4 is 16.6 Å². The van der Waals surface area contributed by atoms with Crippen LogP contribution in [0.25, 0.3) is 10.9 Å². The molecule has 5 N–H and O–H groups in total. The summed E-state index contributed by atoms with van der Waals surface area (Å²) >= 11 is 0. The molecule has 0 saturated carbocycles. The number of fused-ring (bicyclic) bond motifs is 2. The van der Waals surface area contributed by atoms with E-state index >= 15 is 0 Å². The highest BCUT2D eigenvalue weighted by atomic mass is 16.3. The number of β-amino-alcohol motifs (C(OH)–C–C–N with tert-alkyl or cyclic N) is 1. The first kappa shape index (κ1) is 13.6. The summed E-state index contributed by atoms with van der Waals surface area (Å²) in [6.07, 6.45) is 2.92. The van der Waals surface area contributed by atoms with Gasteiger partial charge in [0, 0.05) is 42.5 Å². The van der Waals surface area contributed by atoms with Gasteiger partial charge in [-0.15, -0.1) is 0 Å². The van der Waals surface area contributed by atoms with Gasteiger partial charge in [0.05, 0.1) is 5.52 Å². The maximum atomic E-state index is 10.3. The average molecular weight is 301 g/mol. The van der Waals surface area contributed by atoms with Crippen molar-refractivity contribution in [2.45, 2.75) is 24.9 Å². The largest absolute Gasteiger partial charge is 0.504 e. The number of nitrogens with zero attached hydrogens (tertiary/aromatic N) is 1. The van der Waals surface area contributed by atoms with Crippen molar-refractivity contribution in [1.29, 1.82) is 0 Å². The van der Waals surface area contributed by atoms with Crippen LogP contribution in [-0.4, -0.2) is 45.5 Å². The van der Waals surface area contributed by atoms with Gasteiger partial charge in [-0.3, -0.25) is 4.98 Å². The number of aryl methyl sites for hydroxylation is 1. The van der Waals surface area contributed by atoms with Crippen molar-refractivity contribution in [3.63, 3.8) is 0 Å². The predicted octanol–water partition coefficient (Wildman–Crippen LogP) is 0.881. The molecular weight excluding hydrogens is 282 g/mol. The Balaban J connectivity index is 1.81. The Morgan fingerprint density at radius 1 is 1.18 bits per heavy atom. The van der Waals surface area contributed by atoms with E-state index in [-0.39, 0.29) is 11.5 Å². The van der Waals surface area contributed by atoms with E-state index in [9.17, 15) is 15.3 Å². The minimum Gasteiger partial charge on any atom is -0.504 e. The molecule has 1 fully saturated rings. The zero-order valence-corrected chi connectivity index (χ0v) is 12.2. The van der Waals surface area contributed by atoms with E-state index < -0.39 is 5.60 Å². The van der Waals surface area contributed by atoms with Crippen molar-refractivity contribution in [3.8, 4) is 11.5 Å². The van der Waals surface area contributed by atoms with Gasteiger partial charge in [-0.25, -0.2) is 0 Å². The van der Waals surface area contributed by atoms with Crippen molar-refractivity contribution in [2.24, 2.45) is 0 Å². The summed E-state index contributed by atoms with van der Waals surface area (Å²) in [6.45, 7) is 1.61. The third-order valence-corrected chi connectivity index (χ3v) is 4.61. The van der Waals surface area contributed by atoms with Gasteiger partial charge in [-0.2, -0.15) is 0 Å². The predicted molar refractivity (Wildman–Crippen MR) is 83.4 cm³/mol. The maximum absolute atomic E-state index is 10.3. The second-order valence-electron chi connectivity index (χ2n) is 6.31. The van der Waals surface area contributed by atoms with Crippen molar-refractivity contribution < 1.29 is 15.3 Å². The second kappa shape index (κ2) is 4.72. The molecule has 1 aliphatic carbocycles. The molecule has 0 bridgehead atoms. The number of phenolic OH excluding ortho intramolecular Hbond substituents is 2. The van der Waals surface area contributed by atoms with Crippen LogP contribution in [0.1, 0.15) is 17.7 Å². The zero-order chi connectivity index (χ0) is 15.3. The number of aromatic nitrogens is 1. The van der Waals surface area contributed by atoms with Crippen molar-refractivity contribution in [1.82, 2.24) is 10.3 Å². The Hall–Kier alpha value is -2.05. The fourth-order valence-corrected chi connectivity index (χ4v) is 3.28. The van der Waals surface area contributed by atoms with E-state index in [1.807, 2.05) is 0 Å². The molecule has 1 saturated heterocycles. The summed E-state index contributed by atoms with van der Waals surface area (Å²) in [5, 5.41) is 37.0. The highest BCUT2D eigenvalue weighted by Crippen LogP contribution is 2.38. The van der Waals surface area contributed by atoms with Gasteiger partial charge in [0.1, 0.15) is 5.60 Å². The summed E-state index contributed by atoms with van der Waals surface area (Å²) in [5.41, 5.74) is 3.07. The Morgan fingerprint density at radius 3 is 2.68 bits per heavy atom. The standard InChI is InChI=1S/C16H19N3O3/c20-13-4-10-12(5-14(13)21)19-11-3-1-2-9(11)15(10)18-8-16(22)6-17-7-16/h4-5,17,20-22H,1-3,6-8H2,(H,18,19). The quantitative estimate of drug-likeness (QED) is 0.540. The van der Waals surface area contributed by atoms with E-state index in [2.05, 4.69) is 15.6 Å². The Kier molecular flexibility index (Phi) is 2.92. The highest BCUT2D eigenvalue weighted by Gasteiger charge is 2.34. The number of benzene rings is 1. The van der Waals surface area contributed by atoms with E-state index in [4.69, 9.17) is 0 Å². The molecule has 22 heavy (non-hydrogen) atoms. The zero-order valence-electron chi connectivity index (χ0n) is 12.2. The number of hydrogen-bond donors (Lipinski definition) is 5. The molecule has 2 heterocycles. The fraction of sp³-hybridized carbons (Fsp3) is 0.438. The van der Waals surface area contributed by atoms with E-state index in [1.165, 1.54) is 6.07 Å². The normalized spacial score (nSPS) is 19.0. The van der Waals surface area contributed by atoms with Gasteiger partial charge in [0.2, 0.25) is 0 Å². The lowest BCUT2D eigenvalue weighted by Gasteiger charge is -2.38. The topological polar surface area (TPSA) is 97.6 Å². The molecule has 2 aromatic rings. The molecule has 2 aliphatic rings. The molecule has 0 unspecified atom stereocenters. The SMILES string of the molecule is Oc1cc2nc3c(c(NCC4(O)CNC4)c2cc1O)CCC3. The van der Waals surface area contributed by atoms with Gasteiger partial charge in [0.25, 0.3) is 0 Å². The van der Waals surface area contributed by atoms with Crippen LogP contribution in [0.4, 0.5) is 5.69 Å². The first-order valence-corrected chi connectivity index (χ1v) is 7.60. The summed E-state index contributed by atoms with van der Waals surface area (Å²) in [5.74, 6) is -0.315. The third kappa shape index (κ3) is 2.07. The number of phenols is 2. The smallest absolute Gasteiger partial charge is 0.159 e. The Bertz CT molecular complexity index is 756. The molecule has 4 rings (SSSR count). The number of anilines is 1. The number of aliphatic hydroxyl groups is 1. The number of aromatic hydroxyl groups is 2. The minimum absolute atomic E-state index is 0.153. The van der Waals surface area contributed by atoms with Crippen molar-refractivity contribution in [3.05, 3.63) is 23.4 Å². The molecule has 0 amide bonds. The average Bonchev–Trinajstić information content (AvgIpc) is 2.91. The van der Waals surface area contributed by atoms with Crippen LogP contribution in [0, 0.1) is 0 Å². The molecule has 116 valence electrons. The van der Waals surface area contributed by atoms with Gasteiger partial charge in [0.15, 0.2) is 11.5 Å². The van der Waals surface area contributed by atoms with Gasteiger partial charge in [-0.1, -0.05) is 0 Å². The number of hydrogen-bond acceptors (Lipinski definition) is 6. The second-order valence-corrected chi connectivity index (χ2v) is 6.31. The lowest BCUT2D eigenvalue weighted by molar-refractivity contribution is 0.00314. The van der Waals surface area contributed by atoms with Crippen LogP contribution in [0.2, 0.25) is 0 Å². The lowest BCUT2D eigenvalue weighted by atomic mass is 9.96. The molecule has 6 nitrogen and oxygen atoms in total. The Labute approximate surface area is 127 Å². The summed E-state index contributed by atoms with van der Waals surface area (Å²) in [7, 11) is 0. The first-order chi connectivity index (χ1) is 10.6. The summed E-state index contributed by atoms with van der Waals surface area (Å²) in [4.78, 5) is 4.61. The highest BCUT2D eigenvalue weighted by molar-refractivity contribution is 5.95. The molecular formula is C16H19N3O3. The molecule has 1 aromatic heterocycles. The van der Waals surface area contributed by atoms with Crippen LogP contribution < -0.4 is 10.6 Å². The van der Waals surface area contributed by atoms with E-state index in [0.717, 1.165) is 41.6 Å². The van der Waals surface area contributed by atoms with Crippen molar-refractivity contribution in [2.75, 3.05) is 25.0 Å². The lowest BCUT2D eigenvalue weighted by Crippen LogP contribution is -2.63. The number of pyridine rings is 1. The van der Waals surface area contributed by atoms with Crippen LogP contribution in [0.3, 0.4) is 0 Å². The number of nitrogens with one attached hydrogen (secondary N) is 2. The summed E-state index contributed by atoms with van der Waals surface area (Å²) in [6, 6.07) is 3.04. The third-order valence-electron chi connectivity index (χ3n) is 4.61. The number of rotatable bonds is 3. The molecule has 0 atom stereocenters. The molecule has 6 heteroatoms. The van der Waals surface area contributed by atoms with Gasteiger partial charge in [-0.05, 0) is 30.9 Å². The minimum atomic E-state index is -0.722. The Morgan fingerprint density at radius 2 is 1.95 bits per heavy atom. The molecule has 0 radical (unpaired) electrons. The van der Waals surface area contributed by atoms with Crippen LogP contribution in [0.5, 0.6) is 11.5 Å². The fourth-order valence-electron chi connectivity index (χ4n) is 3.28. The molecule has 1 aromatic carbocycles. The van der Waals surface area contributed by atoms with Crippen LogP contribution >= 0.6 is 0 Å². The first-order valence-electron chi connectivity index (χ1n) is 7.60. The monoisotopic (exact) mass is 301 g/mol. The maximum Gasteiger partial charge on any atom is 0.159 e. The molecule has 0 spiro atoms. The van der Waals surface area contributed by atoms with E-state index in [0.29, 0.717) is 25.2 Å². The van der Waals surface area contributed by atoms with E-state index in [1.54, 1.807) is 6.07 Å². The summed E-state index contributed by atoms with van der Waals surface area (Å²) < 4.78 is 0. The van der Waals surface area contributed by atoms with Gasteiger partial charge >= 0.3 is 0 Å². The van der Waals surface area contributed by atoms with Crippen LogP contribution in [-0.2, 0) is 12.8 Å².